The quantitative estimate of drug-likeness (QED) is 0.242. The molecule has 0 unspecified atom stereocenters. The molecule has 0 aliphatic rings. The highest BCUT2D eigenvalue weighted by molar-refractivity contribution is 7.49. The summed E-state index contributed by atoms with van der Waals surface area (Å²) in [5, 5.41) is 0. The zero-order valence-corrected chi connectivity index (χ0v) is 23.4. The van der Waals surface area contributed by atoms with E-state index in [0.29, 0.717) is 17.2 Å². The highest BCUT2D eigenvalue weighted by Crippen LogP contribution is 2.50. The summed E-state index contributed by atoms with van der Waals surface area (Å²) in [7, 11) is -4.05. The van der Waals surface area contributed by atoms with Crippen molar-refractivity contribution in [3.05, 3.63) is 89.5 Å². The molecule has 0 saturated heterocycles. The van der Waals surface area contributed by atoms with E-state index in [9.17, 15) is 4.57 Å². The lowest BCUT2D eigenvalue weighted by molar-refractivity contribution is 0.298. The number of phosphoric acid groups is 1. The normalized spacial score (nSPS) is 12.5. The van der Waals surface area contributed by atoms with Gasteiger partial charge >= 0.3 is 7.82 Å². The van der Waals surface area contributed by atoms with Gasteiger partial charge < -0.3 is 13.6 Å². The molecule has 194 valence electrons. The van der Waals surface area contributed by atoms with Crippen molar-refractivity contribution in [2.75, 3.05) is 0 Å². The van der Waals surface area contributed by atoms with Gasteiger partial charge in [0.2, 0.25) is 0 Å². The van der Waals surface area contributed by atoms with Gasteiger partial charge in [0.25, 0.3) is 0 Å². The minimum atomic E-state index is -4.05. The number of hydrogen-bond acceptors (Lipinski definition) is 4. The molecule has 0 heterocycles. The van der Waals surface area contributed by atoms with Crippen LogP contribution in [0.5, 0.6) is 17.2 Å². The van der Waals surface area contributed by atoms with E-state index in [1.54, 1.807) is 36.4 Å². The summed E-state index contributed by atoms with van der Waals surface area (Å²) in [5.74, 6) is 1.25. The molecule has 0 N–H and O–H groups in total. The Morgan fingerprint density at radius 1 is 0.444 bits per heavy atom. The smallest absolute Gasteiger partial charge is 0.386 e. The molecule has 0 amide bonds. The standard InChI is InChI=1S/C30H39O4P.Al.3H/c1-28(2,3)22-10-16-25(17-11-22)32-35(31,33-26-18-12-23(13-19-26)29(4,5)6)34-27-20-14-24(15-21-27)30(7,8)9;;;;/h10-21H,1-9H3;;;;. The highest BCUT2D eigenvalue weighted by Gasteiger charge is 2.33. The van der Waals surface area contributed by atoms with E-state index in [1.807, 2.05) is 36.4 Å². The molecule has 0 bridgehead atoms. The molecule has 0 aliphatic carbocycles. The average Bonchev–Trinajstić information content (AvgIpc) is 2.72. The third kappa shape index (κ3) is 8.17. The molecule has 3 aromatic carbocycles. The van der Waals surface area contributed by atoms with Crippen LogP contribution >= 0.6 is 7.82 Å². The van der Waals surface area contributed by atoms with Crippen molar-refractivity contribution in [2.45, 2.75) is 78.6 Å². The van der Waals surface area contributed by atoms with E-state index in [4.69, 9.17) is 13.6 Å². The summed E-state index contributed by atoms with van der Waals surface area (Å²) in [5.41, 5.74) is 3.45. The van der Waals surface area contributed by atoms with E-state index < -0.39 is 7.82 Å². The lowest BCUT2D eigenvalue weighted by atomic mass is 9.87. The van der Waals surface area contributed by atoms with Crippen molar-refractivity contribution in [2.24, 2.45) is 0 Å². The van der Waals surface area contributed by atoms with Crippen LogP contribution in [0.15, 0.2) is 72.8 Å². The van der Waals surface area contributed by atoms with Crippen molar-refractivity contribution in [3.8, 4) is 17.2 Å². The fourth-order valence-electron chi connectivity index (χ4n) is 3.49. The Kier molecular flexibility index (Phi) is 9.23. The molecule has 0 aliphatic heterocycles. The minimum Gasteiger partial charge on any atom is -0.386 e. The van der Waals surface area contributed by atoms with Crippen LogP contribution in [0.4, 0.5) is 0 Å². The topological polar surface area (TPSA) is 44.8 Å². The Morgan fingerprint density at radius 3 is 0.806 bits per heavy atom. The van der Waals surface area contributed by atoms with Crippen molar-refractivity contribution in [3.63, 3.8) is 0 Å². The Balaban J connectivity index is 0.00000456. The zero-order valence-electron chi connectivity index (χ0n) is 22.5. The molecule has 6 heteroatoms. The van der Waals surface area contributed by atoms with Gasteiger partial charge in [-0.25, -0.2) is 0 Å². The first kappa shape index (κ1) is 30.0. The van der Waals surface area contributed by atoms with Gasteiger partial charge in [-0.2, -0.15) is 4.57 Å². The summed E-state index contributed by atoms with van der Waals surface area (Å²) in [6.45, 7) is 19.3. The molecular weight excluding hydrogens is 482 g/mol. The maximum absolute atomic E-state index is 13.9. The van der Waals surface area contributed by atoms with Crippen molar-refractivity contribution >= 4 is 25.2 Å². The summed E-state index contributed by atoms with van der Waals surface area (Å²) in [4.78, 5) is 0. The first-order valence-corrected chi connectivity index (χ1v) is 13.5. The summed E-state index contributed by atoms with van der Waals surface area (Å²) in [6.07, 6.45) is 0. The molecule has 0 fully saturated rings. The van der Waals surface area contributed by atoms with Crippen molar-refractivity contribution in [1.29, 1.82) is 0 Å². The van der Waals surface area contributed by atoms with E-state index in [-0.39, 0.29) is 33.6 Å². The molecule has 36 heavy (non-hydrogen) atoms. The van der Waals surface area contributed by atoms with E-state index >= 15 is 0 Å². The Hall–Kier alpha value is -2.18. The van der Waals surface area contributed by atoms with Gasteiger partial charge in [0, 0.05) is 0 Å². The lowest BCUT2D eigenvalue weighted by Gasteiger charge is -2.23. The summed E-state index contributed by atoms with van der Waals surface area (Å²) in [6, 6.07) is 22.6. The number of rotatable bonds is 6. The van der Waals surface area contributed by atoms with E-state index in [0.717, 1.165) is 16.7 Å². The third-order valence-electron chi connectivity index (χ3n) is 5.81. The summed E-state index contributed by atoms with van der Waals surface area (Å²) < 4.78 is 31.6. The molecule has 0 radical (unpaired) electrons. The van der Waals surface area contributed by atoms with Crippen LogP contribution in [-0.4, -0.2) is 17.4 Å². The Morgan fingerprint density at radius 2 is 0.639 bits per heavy atom. The van der Waals surface area contributed by atoms with E-state index in [2.05, 4.69) is 62.3 Å². The first-order valence-electron chi connectivity index (χ1n) is 12.1. The van der Waals surface area contributed by atoms with Gasteiger partial charge in [0.05, 0.1) is 0 Å². The fourth-order valence-corrected chi connectivity index (χ4v) is 4.74. The first-order chi connectivity index (χ1) is 16.1. The largest absolute Gasteiger partial charge is 0.647 e. The number of phosphoric ester groups is 1. The maximum atomic E-state index is 13.9. The molecule has 3 aromatic rings. The van der Waals surface area contributed by atoms with Crippen LogP contribution in [0, 0.1) is 0 Å². The maximum Gasteiger partial charge on any atom is 0.647 e. The average molecular weight is 525 g/mol. The highest BCUT2D eigenvalue weighted by atomic mass is 31.2. The molecule has 0 aromatic heterocycles. The molecule has 3 rings (SSSR count). The zero-order chi connectivity index (χ0) is 26.1. The van der Waals surface area contributed by atoms with Crippen LogP contribution < -0.4 is 13.6 Å². The number of benzene rings is 3. The van der Waals surface area contributed by atoms with Crippen LogP contribution in [-0.2, 0) is 20.8 Å². The van der Waals surface area contributed by atoms with Crippen molar-refractivity contribution in [1.82, 2.24) is 0 Å². The molecule has 0 atom stereocenters. The summed E-state index contributed by atoms with van der Waals surface area (Å²) >= 11 is 0. The van der Waals surface area contributed by atoms with Crippen LogP contribution in [0.2, 0.25) is 0 Å². The second kappa shape index (κ2) is 11.1. The van der Waals surface area contributed by atoms with Gasteiger partial charge in [-0.1, -0.05) is 98.7 Å². The predicted molar refractivity (Wildman–Crippen MR) is 155 cm³/mol. The number of hydrogen-bond donors (Lipinski definition) is 0. The van der Waals surface area contributed by atoms with Crippen LogP contribution in [0.3, 0.4) is 0 Å². The predicted octanol–water partition coefficient (Wildman–Crippen LogP) is 8.04. The van der Waals surface area contributed by atoms with Gasteiger partial charge in [0.1, 0.15) is 17.2 Å². The molecule has 0 saturated carbocycles. The lowest BCUT2D eigenvalue weighted by Crippen LogP contribution is -2.12. The van der Waals surface area contributed by atoms with Gasteiger partial charge in [0.15, 0.2) is 17.4 Å². The van der Waals surface area contributed by atoms with Crippen molar-refractivity contribution < 1.29 is 18.1 Å². The third-order valence-corrected chi connectivity index (χ3v) is 7.12. The monoisotopic (exact) mass is 524 g/mol. The second-order valence-electron chi connectivity index (χ2n) is 12.0. The molecule has 4 nitrogen and oxygen atoms in total. The molecule has 0 spiro atoms. The molecular formula is C30H42AlO4P. The Labute approximate surface area is 228 Å². The van der Waals surface area contributed by atoms with Crippen LogP contribution in [0.1, 0.15) is 79.0 Å². The minimum absolute atomic E-state index is 0. The van der Waals surface area contributed by atoms with E-state index in [1.165, 1.54) is 0 Å². The second-order valence-corrected chi connectivity index (χ2v) is 13.5. The van der Waals surface area contributed by atoms with Gasteiger partial charge in [-0.15, -0.1) is 0 Å². The van der Waals surface area contributed by atoms with Gasteiger partial charge in [-0.05, 0) is 69.3 Å². The fraction of sp³-hybridized carbons (Fsp3) is 0.400. The van der Waals surface area contributed by atoms with Gasteiger partial charge in [-0.3, -0.25) is 0 Å². The Bertz CT molecular complexity index is 1010. The van der Waals surface area contributed by atoms with Crippen LogP contribution in [0.25, 0.3) is 0 Å². The SMILES string of the molecule is CC(C)(C)c1ccc(OP(=O)(Oc2ccc(C(C)(C)C)cc2)Oc2ccc(C(C)(C)C)cc2)cc1.[AlH3].